The Balaban J connectivity index is 1.42. The maximum Gasteiger partial charge on any atom is 0.189 e. The molecule has 0 atom stereocenters. The molecule has 1 aliphatic carbocycles. The SMILES string of the molecule is CN1CC(CCCN2CCCC2)=CC=C1OC1CC1. The van der Waals surface area contributed by atoms with Gasteiger partial charge in [-0.25, -0.2) is 0 Å². The summed E-state index contributed by atoms with van der Waals surface area (Å²) in [6.07, 6.45) is 12.7. The van der Waals surface area contributed by atoms with Crippen molar-refractivity contribution in [3.63, 3.8) is 0 Å². The van der Waals surface area contributed by atoms with Crippen molar-refractivity contribution in [2.45, 2.75) is 44.6 Å². The quantitative estimate of drug-likeness (QED) is 0.732. The first-order valence-electron chi connectivity index (χ1n) is 7.81. The predicted molar refractivity (Wildman–Crippen MR) is 77.8 cm³/mol. The smallest absolute Gasteiger partial charge is 0.189 e. The van der Waals surface area contributed by atoms with Gasteiger partial charge in [-0.05, 0) is 64.2 Å². The van der Waals surface area contributed by atoms with Crippen LogP contribution in [0.25, 0.3) is 0 Å². The van der Waals surface area contributed by atoms with Crippen LogP contribution in [0.2, 0.25) is 0 Å². The fourth-order valence-corrected chi connectivity index (χ4v) is 2.94. The van der Waals surface area contributed by atoms with E-state index in [0.717, 1.165) is 12.4 Å². The zero-order valence-electron chi connectivity index (χ0n) is 12.1. The van der Waals surface area contributed by atoms with Gasteiger partial charge in [0.2, 0.25) is 0 Å². The van der Waals surface area contributed by atoms with E-state index in [-0.39, 0.29) is 0 Å². The van der Waals surface area contributed by atoms with Gasteiger partial charge in [0.15, 0.2) is 5.88 Å². The fourth-order valence-electron chi connectivity index (χ4n) is 2.94. The Bertz CT molecular complexity index is 365. The summed E-state index contributed by atoms with van der Waals surface area (Å²) in [5.74, 6) is 1.06. The van der Waals surface area contributed by atoms with Crippen molar-refractivity contribution in [2.75, 3.05) is 33.2 Å². The highest BCUT2D eigenvalue weighted by molar-refractivity contribution is 5.22. The number of ether oxygens (including phenoxy) is 1. The average Bonchev–Trinajstić information content (AvgIpc) is 3.06. The van der Waals surface area contributed by atoms with Crippen LogP contribution in [0.3, 0.4) is 0 Å². The molecule has 2 fully saturated rings. The van der Waals surface area contributed by atoms with Crippen molar-refractivity contribution in [2.24, 2.45) is 0 Å². The fraction of sp³-hybridized carbons (Fsp3) is 0.750. The zero-order valence-corrected chi connectivity index (χ0v) is 12.1. The van der Waals surface area contributed by atoms with E-state index in [9.17, 15) is 0 Å². The van der Waals surface area contributed by atoms with Gasteiger partial charge in [0.05, 0.1) is 0 Å². The molecule has 0 unspecified atom stereocenters. The van der Waals surface area contributed by atoms with E-state index < -0.39 is 0 Å². The molecular weight excluding hydrogens is 236 g/mol. The van der Waals surface area contributed by atoms with Gasteiger partial charge >= 0.3 is 0 Å². The van der Waals surface area contributed by atoms with Crippen LogP contribution in [0.5, 0.6) is 0 Å². The number of hydrogen-bond acceptors (Lipinski definition) is 3. The largest absolute Gasteiger partial charge is 0.476 e. The Labute approximate surface area is 116 Å². The second kappa shape index (κ2) is 6.00. The van der Waals surface area contributed by atoms with Crippen LogP contribution in [0.1, 0.15) is 38.5 Å². The van der Waals surface area contributed by atoms with Crippen molar-refractivity contribution >= 4 is 0 Å². The van der Waals surface area contributed by atoms with Crippen molar-refractivity contribution in [3.8, 4) is 0 Å². The first-order chi connectivity index (χ1) is 9.31. The number of likely N-dealkylation sites (tertiary alicyclic amines) is 1. The number of nitrogens with zero attached hydrogens (tertiary/aromatic N) is 2. The summed E-state index contributed by atoms with van der Waals surface area (Å²) in [5, 5.41) is 0. The van der Waals surface area contributed by atoms with Gasteiger partial charge < -0.3 is 14.5 Å². The third-order valence-electron chi connectivity index (χ3n) is 4.26. The van der Waals surface area contributed by atoms with E-state index in [4.69, 9.17) is 4.74 Å². The van der Waals surface area contributed by atoms with Crippen LogP contribution in [0.4, 0.5) is 0 Å². The normalized spacial score (nSPS) is 24.4. The lowest BCUT2D eigenvalue weighted by molar-refractivity contribution is 0.117. The van der Waals surface area contributed by atoms with Crippen LogP contribution < -0.4 is 0 Å². The Morgan fingerprint density at radius 2 is 2.00 bits per heavy atom. The van der Waals surface area contributed by atoms with Gasteiger partial charge in [-0.15, -0.1) is 0 Å². The molecule has 1 saturated carbocycles. The van der Waals surface area contributed by atoms with Crippen molar-refractivity contribution in [1.82, 2.24) is 9.80 Å². The Morgan fingerprint density at radius 1 is 1.21 bits per heavy atom. The first kappa shape index (κ1) is 13.0. The summed E-state index contributed by atoms with van der Waals surface area (Å²) >= 11 is 0. The highest BCUT2D eigenvalue weighted by atomic mass is 16.5. The number of rotatable bonds is 6. The molecule has 106 valence electrons. The Morgan fingerprint density at radius 3 is 2.68 bits per heavy atom. The van der Waals surface area contributed by atoms with Crippen molar-refractivity contribution in [1.29, 1.82) is 0 Å². The summed E-state index contributed by atoms with van der Waals surface area (Å²) in [4.78, 5) is 4.86. The minimum atomic E-state index is 0.499. The van der Waals surface area contributed by atoms with Crippen molar-refractivity contribution < 1.29 is 4.74 Å². The van der Waals surface area contributed by atoms with E-state index >= 15 is 0 Å². The molecule has 0 bridgehead atoms. The minimum absolute atomic E-state index is 0.499. The molecule has 0 aromatic rings. The summed E-state index contributed by atoms with van der Waals surface area (Å²) in [6, 6.07) is 0. The van der Waals surface area contributed by atoms with Gasteiger partial charge in [0, 0.05) is 13.6 Å². The molecule has 0 N–H and O–H groups in total. The standard InChI is InChI=1S/C16H26N2O/c1-17-13-14(5-4-12-18-10-2-3-11-18)6-9-16(17)19-15-7-8-15/h6,9,15H,2-5,7-8,10-13H2,1H3. The summed E-state index contributed by atoms with van der Waals surface area (Å²) in [7, 11) is 2.14. The summed E-state index contributed by atoms with van der Waals surface area (Å²) in [6.45, 7) is 4.95. The molecule has 3 rings (SSSR count). The summed E-state index contributed by atoms with van der Waals surface area (Å²) < 4.78 is 5.88. The first-order valence-corrected chi connectivity index (χ1v) is 7.81. The van der Waals surface area contributed by atoms with E-state index in [1.165, 1.54) is 58.2 Å². The molecule has 0 aromatic carbocycles. The monoisotopic (exact) mass is 262 g/mol. The number of likely N-dealkylation sites (N-methyl/N-ethyl adjacent to an activating group) is 1. The molecule has 3 aliphatic rings. The van der Waals surface area contributed by atoms with Crippen LogP contribution in [0, 0.1) is 0 Å². The van der Waals surface area contributed by atoms with E-state index in [1.54, 1.807) is 5.57 Å². The van der Waals surface area contributed by atoms with E-state index in [0.29, 0.717) is 6.10 Å². The molecule has 0 aromatic heterocycles. The third kappa shape index (κ3) is 3.75. The lowest BCUT2D eigenvalue weighted by Gasteiger charge is -2.27. The maximum absolute atomic E-state index is 5.88. The Hall–Kier alpha value is -0.960. The van der Waals surface area contributed by atoms with Gasteiger partial charge in [0.1, 0.15) is 6.10 Å². The molecule has 1 saturated heterocycles. The van der Waals surface area contributed by atoms with Crippen LogP contribution in [-0.2, 0) is 4.74 Å². The van der Waals surface area contributed by atoms with Gasteiger partial charge in [0.25, 0.3) is 0 Å². The predicted octanol–water partition coefficient (Wildman–Crippen LogP) is 2.75. The van der Waals surface area contributed by atoms with Crippen LogP contribution >= 0.6 is 0 Å². The molecule has 0 spiro atoms. The van der Waals surface area contributed by atoms with Gasteiger partial charge in [-0.2, -0.15) is 0 Å². The minimum Gasteiger partial charge on any atom is -0.476 e. The third-order valence-corrected chi connectivity index (χ3v) is 4.26. The second-order valence-corrected chi connectivity index (χ2v) is 6.16. The second-order valence-electron chi connectivity index (χ2n) is 6.16. The van der Waals surface area contributed by atoms with E-state index in [1.807, 2.05) is 0 Å². The lowest BCUT2D eigenvalue weighted by atomic mass is 10.1. The van der Waals surface area contributed by atoms with Crippen LogP contribution in [0.15, 0.2) is 23.6 Å². The topological polar surface area (TPSA) is 15.7 Å². The summed E-state index contributed by atoms with van der Waals surface area (Å²) in [5.41, 5.74) is 1.55. The molecule has 3 nitrogen and oxygen atoms in total. The molecular formula is C16H26N2O. The molecule has 19 heavy (non-hydrogen) atoms. The van der Waals surface area contributed by atoms with Gasteiger partial charge in [-0.1, -0.05) is 11.6 Å². The molecule has 2 aliphatic heterocycles. The van der Waals surface area contributed by atoms with Gasteiger partial charge in [-0.3, -0.25) is 0 Å². The molecule has 3 heteroatoms. The average molecular weight is 262 g/mol. The molecule has 2 heterocycles. The van der Waals surface area contributed by atoms with Crippen LogP contribution in [-0.4, -0.2) is 49.1 Å². The number of hydrogen-bond donors (Lipinski definition) is 0. The zero-order chi connectivity index (χ0) is 13.1. The highest BCUT2D eigenvalue weighted by Crippen LogP contribution is 2.29. The van der Waals surface area contributed by atoms with Crippen molar-refractivity contribution in [3.05, 3.63) is 23.6 Å². The number of allylic oxidation sites excluding steroid dienone is 2. The highest BCUT2D eigenvalue weighted by Gasteiger charge is 2.26. The van der Waals surface area contributed by atoms with E-state index in [2.05, 4.69) is 29.0 Å². The Kier molecular flexibility index (Phi) is 4.12. The molecule has 0 radical (unpaired) electrons. The lowest BCUT2D eigenvalue weighted by Crippen LogP contribution is -2.26. The maximum atomic E-state index is 5.88. The molecule has 0 amide bonds.